The van der Waals surface area contributed by atoms with Crippen molar-refractivity contribution in [3.63, 3.8) is 0 Å². The Hall–Kier alpha value is -0.930. The molecular weight excluding hydrogens is 215 g/mol. The molecule has 2 N–H and O–H groups in total. The van der Waals surface area contributed by atoms with Crippen molar-refractivity contribution in [1.82, 2.24) is 4.90 Å². The monoisotopic (exact) mass is 236 g/mol. The lowest BCUT2D eigenvalue weighted by molar-refractivity contribution is 0.300. The van der Waals surface area contributed by atoms with E-state index < -0.39 is 0 Å². The Bertz CT molecular complexity index is 370. The van der Waals surface area contributed by atoms with Crippen molar-refractivity contribution in [2.24, 2.45) is 17.6 Å². The predicted octanol–water partition coefficient (Wildman–Crippen LogP) is 2.41. The number of hydrogen-bond acceptors (Lipinski definition) is 2. The third-order valence-electron chi connectivity index (χ3n) is 3.82. The van der Waals surface area contributed by atoms with Gasteiger partial charge in [0.25, 0.3) is 0 Å². The van der Waals surface area contributed by atoms with E-state index in [0.717, 1.165) is 19.6 Å². The molecule has 0 amide bonds. The van der Waals surface area contributed by atoms with Gasteiger partial charge in [0.2, 0.25) is 0 Å². The number of benzene rings is 1. The van der Waals surface area contributed by atoms with Crippen LogP contribution >= 0.6 is 0 Å². The van der Waals surface area contributed by atoms with Crippen LogP contribution < -0.4 is 5.73 Å². The molecule has 3 unspecified atom stereocenters. The summed E-state index contributed by atoms with van der Waals surface area (Å²) in [6.07, 6.45) is 0. The molecule has 2 rings (SSSR count). The molecule has 1 aliphatic heterocycles. The summed E-state index contributed by atoms with van der Waals surface area (Å²) in [6, 6.07) is 6.57. The number of nitrogens with two attached hydrogens (primary N) is 1. The lowest BCUT2D eigenvalue weighted by atomic mass is 10.0. The van der Waals surface area contributed by atoms with Crippen molar-refractivity contribution >= 4 is 0 Å². The molecule has 0 radical (unpaired) electrons. The minimum absolute atomic E-state index is 0.194. The number of hydrogen-bond donors (Lipinski definition) is 1. The average molecular weight is 236 g/mol. The molecular formula is C14H21FN2. The molecule has 2 nitrogen and oxygen atoms in total. The molecule has 1 aromatic carbocycles. The van der Waals surface area contributed by atoms with Gasteiger partial charge in [-0.05, 0) is 17.9 Å². The molecule has 3 atom stereocenters. The normalized spacial score (nSPS) is 27.3. The summed E-state index contributed by atoms with van der Waals surface area (Å²) in [4.78, 5) is 2.34. The molecule has 0 spiro atoms. The van der Waals surface area contributed by atoms with E-state index >= 15 is 0 Å². The van der Waals surface area contributed by atoms with Gasteiger partial charge < -0.3 is 10.6 Å². The van der Waals surface area contributed by atoms with E-state index in [0.29, 0.717) is 17.4 Å². The highest BCUT2D eigenvalue weighted by molar-refractivity contribution is 5.21. The van der Waals surface area contributed by atoms with Crippen LogP contribution in [0.3, 0.4) is 0 Å². The third kappa shape index (κ3) is 2.85. The zero-order chi connectivity index (χ0) is 12.4. The maximum atomic E-state index is 13.6. The fourth-order valence-electron chi connectivity index (χ4n) is 2.55. The lowest BCUT2D eigenvalue weighted by Gasteiger charge is -2.21. The molecule has 17 heavy (non-hydrogen) atoms. The first-order chi connectivity index (χ1) is 8.08. The van der Waals surface area contributed by atoms with Crippen molar-refractivity contribution in [1.29, 1.82) is 0 Å². The first-order valence-corrected chi connectivity index (χ1v) is 6.30. The smallest absolute Gasteiger partial charge is 0.128 e. The van der Waals surface area contributed by atoms with Crippen LogP contribution in [0.4, 0.5) is 4.39 Å². The average Bonchev–Trinajstić information content (AvgIpc) is 2.58. The summed E-state index contributed by atoms with van der Waals surface area (Å²) in [7, 11) is 0. The molecule has 94 valence electrons. The van der Waals surface area contributed by atoms with E-state index in [1.807, 2.05) is 6.07 Å². The molecule has 1 aromatic rings. The molecule has 1 heterocycles. The van der Waals surface area contributed by atoms with Crippen LogP contribution in [0.5, 0.6) is 0 Å². The van der Waals surface area contributed by atoms with Crippen LogP contribution in [-0.2, 0) is 0 Å². The highest BCUT2D eigenvalue weighted by atomic mass is 19.1. The summed E-state index contributed by atoms with van der Waals surface area (Å²) in [5, 5.41) is 0. The topological polar surface area (TPSA) is 29.3 Å². The van der Waals surface area contributed by atoms with Crippen molar-refractivity contribution < 1.29 is 4.39 Å². The van der Waals surface area contributed by atoms with Crippen LogP contribution in [0, 0.1) is 17.7 Å². The molecule has 0 aliphatic carbocycles. The maximum Gasteiger partial charge on any atom is 0.128 e. The highest BCUT2D eigenvalue weighted by Gasteiger charge is 2.27. The quantitative estimate of drug-likeness (QED) is 0.873. The third-order valence-corrected chi connectivity index (χ3v) is 3.82. The Morgan fingerprint density at radius 2 is 1.88 bits per heavy atom. The van der Waals surface area contributed by atoms with Crippen molar-refractivity contribution in [3.05, 3.63) is 35.6 Å². The van der Waals surface area contributed by atoms with Gasteiger partial charge in [-0.25, -0.2) is 4.39 Å². The lowest BCUT2D eigenvalue weighted by Crippen LogP contribution is -2.31. The molecule has 1 aliphatic rings. The molecule has 0 aromatic heterocycles. The number of likely N-dealkylation sites (tertiary alicyclic amines) is 1. The van der Waals surface area contributed by atoms with E-state index in [1.165, 1.54) is 6.07 Å². The summed E-state index contributed by atoms with van der Waals surface area (Å²) in [5.41, 5.74) is 6.71. The Balaban J connectivity index is 1.98. The summed E-state index contributed by atoms with van der Waals surface area (Å²) in [6.45, 7) is 7.42. The Labute approximate surface area is 103 Å². The van der Waals surface area contributed by atoms with Gasteiger partial charge in [-0.1, -0.05) is 32.0 Å². The van der Waals surface area contributed by atoms with Gasteiger partial charge in [0, 0.05) is 31.2 Å². The van der Waals surface area contributed by atoms with E-state index in [4.69, 9.17) is 5.73 Å². The minimum atomic E-state index is -0.228. The number of halogens is 1. The second-order valence-corrected chi connectivity index (χ2v) is 5.30. The van der Waals surface area contributed by atoms with E-state index in [-0.39, 0.29) is 11.9 Å². The number of nitrogens with zero attached hydrogens (tertiary/aromatic N) is 1. The Morgan fingerprint density at radius 1 is 1.29 bits per heavy atom. The van der Waals surface area contributed by atoms with Gasteiger partial charge in [-0.3, -0.25) is 0 Å². The highest BCUT2D eigenvalue weighted by Crippen LogP contribution is 2.24. The summed E-state index contributed by atoms with van der Waals surface area (Å²) < 4.78 is 13.6. The van der Waals surface area contributed by atoms with Gasteiger partial charge in [0.1, 0.15) is 5.82 Å². The fraction of sp³-hybridized carbons (Fsp3) is 0.571. The van der Waals surface area contributed by atoms with Crippen molar-refractivity contribution in [2.45, 2.75) is 19.9 Å². The van der Waals surface area contributed by atoms with Gasteiger partial charge in [0.05, 0.1) is 0 Å². The fourth-order valence-corrected chi connectivity index (χ4v) is 2.55. The Morgan fingerprint density at radius 3 is 2.47 bits per heavy atom. The molecule has 0 bridgehead atoms. The zero-order valence-corrected chi connectivity index (χ0v) is 10.6. The second kappa shape index (κ2) is 5.15. The van der Waals surface area contributed by atoms with Crippen molar-refractivity contribution in [2.75, 3.05) is 19.6 Å². The summed E-state index contributed by atoms with van der Waals surface area (Å²) >= 11 is 0. The SMILES string of the molecule is CC1CN(CC(N)c2ccccc2F)CC1C. The molecule has 1 fully saturated rings. The second-order valence-electron chi connectivity index (χ2n) is 5.30. The van der Waals surface area contributed by atoms with Gasteiger partial charge in [-0.2, -0.15) is 0 Å². The minimum Gasteiger partial charge on any atom is -0.323 e. The van der Waals surface area contributed by atoms with Crippen LogP contribution in [0.2, 0.25) is 0 Å². The van der Waals surface area contributed by atoms with Crippen LogP contribution in [0.15, 0.2) is 24.3 Å². The molecule has 1 saturated heterocycles. The van der Waals surface area contributed by atoms with Crippen LogP contribution in [0.1, 0.15) is 25.5 Å². The van der Waals surface area contributed by atoms with Crippen LogP contribution in [-0.4, -0.2) is 24.5 Å². The predicted molar refractivity (Wildman–Crippen MR) is 68.1 cm³/mol. The van der Waals surface area contributed by atoms with Gasteiger partial charge in [0.15, 0.2) is 0 Å². The summed E-state index contributed by atoms with van der Waals surface area (Å²) in [5.74, 6) is 1.23. The molecule has 0 saturated carbocycles. The van der Waals surface area contributed by atoms with Gasteiger partial charge in [-0.15, -0.1) is 0 Å². The van der Waals surface area contributed by atoms with E-state index in [9.17, 15) is 4.39 Å². The van der Waals surface area contributed by atoms with E-state index in [2.05, 4.69) is 18.7 Å². The maximum absolute atomic E-state index is 13.6. The van der Waals surface area contributed by atoms with Gasteiger partial charge >= 0.3 is 0 Å². The van der Waals surface area contributed by atoms with E-state index in [1.54, 1.807) is 12.1 Å². The Kier molecular flexibility index (Phi) is 3.79. The van der Waals surface area contributed by atoms with Crippen LogP contribution in [0.25, 0.3) is 0 Å². The standard InChI is InChI=1S/C14H21FN2/c1-10-7-17(8-11(10)2)9-14(16)12-5-3-4-6-13(12)15/h3-6,10-11,14H,7-9,16H2,1-2H3. The largest absolute Gasteiger partial charge is 0.323 e. The number of rotatable bonds is 3. The molecule has 3 heteroatoms. The first kappa shape index (κ1) is 12.5. The zero-order valence-electron chi connectivity index (χ0n) is 10.6. The van der Waals surface area contributed by atoms with Crippen molar-refractivity contribution in [3.8, 4) is 0 Å². The first-order valence-electron chi connectivity index (χ1n) is 6.30.